The number of carbonyl (C=O) groups excluding carboxylic acids is 2. The molecule has 1 aromatic carbocycles. The van der Waals surface area contributed by atoms with Gasteiger partial charge in [-0.2, -0.15) is 5.10 Å². The van der Waals surface area contributed by atoms with Gasteiger partial charge in [-0.25, -0.2) is 14.3 Å². The number of anilines is 1. The molecular formula is C18H19N5O3. The Morgan fingerprint density at radius 1 is 1.19 bits per heavy atom. The number of carbonyl (C=O) groups is 2. The summed E-state index contributed by atoms with van der Waals surface area (Å²) in [6, 6.07) is 11.8. The zero-order valence-corrected chi connectivity index (χ0v) is 14.5. The average molecular weight is 353 g/mol. The maximum absolute atomic E-state index is 12.5. The Labute approximate surface area is 150 Å². The van der Waals surface area contributed by atoms with E-state index in [4.69, 9.17) is 4.74 Å². The van der Waals surface area contributed by atoms with Crippen molar-refractivity contribution in [2.45, 2.75) is 19.4 Å². The van der Waals surface area contributed by atoms with Gasteiger partial charge in [-0.15, -0.1) is 0 Å². The first-order valence-corrected chi connectivity index (χ1v) is 8.08. The number of nitrogens with zero attached hydrogens (tertiary/aromatic N) is 3. The van der Waals surface area contributed by atoms with Gasteiger partial charge in [-0.3, -0.25) is 4.79 Å². The third-order valence-corrected chi connectivity index (χ3v) is 3.82. The summed E-state index contributed by atoms with van der Waals surface area (Å²) in [7, 11) is 1.32. The lowest BCUT2D eigenvalue weighted by molar-refractivity contribution is -0.141. The largest absolute Gasteiger partial charge is 0.469 e. The van der Waals surface area contributed by atoms with E-state index in [0.717, 1.165) is 5.56 Å². The zero-order valence-electron chi connectivity index (χ0n) is 14.5. The van der Waals surface area contributed by atoms with Crippen LogP contribution in [0.15, 0.2) is 48.7 Å². The minimum absolute atomic E-state index is 0.0299. The minimum atomic E-state index is -0.511. The van der Waals surface area contributed by atoms with Gasteiger partial charge in [0.15, 0.2) is 5.65 Å². The monoisotopic (exact) mass is 353 g/mol. The van der Waals surface area contributed by atoms with Crippen LogP contribution >= 0.6 is 0 Å². The molecule has 2 amide bonds. The number of ether oxygens (including phenoxy) is 1. The van der Waals surface area contributed by atoms with Crippen molar-refractivity contribution in [3.63, 3.8) is 0 Å². The summed E-state index contributed by atoms with van der Waals surface area (Å²) in [5, 5.41) is 9.79. The van der Waals surface area contributed by atoms with Crippen molar-refractivity contribution in [2.75, 3.05) is 12.4 Å². The molecule has 0 aliphatic heterocycles. The maximum atomic E-state index is 12.5. The van der Waals surface area contributed by atoms with Crippen molar-refractivity contribution in [3.05, 3.63) is 60.0 Å². The molecule has 2 heterocycles. The summed E-state index contributed by atoms with van der Waals surface area (Å²) in [6.45, 7) is 1.78. The van der Waals surface area contributed by atoms with Crippen molar-refractivity contribution in [2.24, 2.45) is 0 Å². The summed E-state index contributed by atoms with van der Waals surface area (Å²) in [5.74, 6) is 0.196. The lowest BCUT2D eigenvalue weighted by atomic mass is 10.0. The molecule has 0 fully saturated rings. The second-order valence-corrected chi connectivity index (χ2v) is 5.69. The van der Waals surface area contributed by atoms with Crippen LogP contribution in [0.2, 0.25) is 0 Å². The van der Waals surface area contributed by atoms with Gasteiger partial charge in [0.2, 0.25) is 0 Å². The molecule has 0 aliphatic carbocycles. The fourth-order valence-electron chi connectivity index (χ4n) is 2.61. The summed E-state index contributed by atoms with van der Waals surface area (Å²) in [4.78, 5) is 28.5. The van der Waals surface area contributed by atoms with E-state index in [0.29, 0.717) is 17.2 Å². The van der Waals surface area contributed by atoms with Gasteiger partial charge < -0.3 is 15.4 Å². The number of hydrogen-bond acceptors (Lipinski definition) is 5. The number of pyridine rings is 1. The Morgan fingerprint density at radius 2 is 1.96 bits per heavy atom. The summed E-state index contributed by atoms with van der Waals surface area (Å²) in [5.41, 5.74) is 1.88. The number of esters is 1. The second-order valence-electron chi connectivity index (χ2n) is 5.69. The van der Waals surface area contributed by atoms with Gasteiger partial charge >= 0.3 is 12.0 Å². The van der Waals surface area contributed by atoms with Crippen molar-refractivity contribution >= 4 is 23.3 Å². The molecule has 0 bridgehead atoms. The first kappa shape index (κ1) is 17.4. The Hall–Kier alpha value is -3.42. The van der Waals surface area contributed by atoms with E-state index < -0.39 is 18.0 Å². The third-order valence-electron chi connectivity index (χ3n) is 3.82. The normalized spacial score (nSPS) is 11.8. The molecule has 0 aliphatic rings. The highest BCUT2D eigenvalue weighted by atomic mass is 16.5. The number of aryl methyl sites for hydroxylation is 1. The van der Waals surface area contributed by atoms with Crippen LogP contribution in [0.25, 0.3) is 5.65 Å². The third kappa shape index (κ3) is 3.97. The molecule has 8 nitrogen and oxygen atoms in total. The van der Waals surface area contributed by atoms with E-state index in [9.17, 15) is 9.59 Å². The Balaban J connectivity index is 1.77. The van der Waals surface area contributed by atoms with Gasteiger partial charge in [0.05, 0.1) is 25.3 Å². The number of hydrogen-bond donors (Lipinski definition) is 2. The molecule has 26 heavy (non-hydrogen) atoms. The predicted molar refractivity (Wildman–Crippen MR) is 95.7 cm³/mol. The number of aromatic nitrogens is 3. The van der Waals surface area contributed by atoms with Crippen LogP contribution in [0.5, 0.6) is 0 Å². The Bertz CT molecular complexity index is 923. The number of fused-ring (bicyclic) bond motifs is 1. The van der Waals surface area contributed by atoms with E-state index in [-0.39, 0.29) is 6.42 Å². The first-order chi connectivity index (χ1) is 12.6. The lowest BCUT2D eigenvalue weighted by Crippen LogP contribution is -2.34. The number of rotatable bonds is 5. The topological polar surface area (TPSA) is 97.6 Å². The smallest absolute Gasteiger partial charge is 0.319 e. The van der Waals surface area contributed by atoms with E-state index in [1.807, 2.05) is 30.3 Å². The predicted octanol–water partition coefficient (Wildman–Crippen LogP) is 2.46. The fourth-order valence-corrected chi connectivity index (χ4v) is 2.61. The molecule has 0 radical (unpaired) electrons. The highest BCUT2D eigenvalue weighted by Crippen LogP contribution is 2.19. The minimum Gasteiger partial charge on any atom is -0.469 e. The molecule has 1 atom stereocenters. The van der Waals surface area contributed by atoms with Gasteiger partial charge in [0.1, 0.15) is 5.82 Å². The van der Waals surface area contributed by atoms with Gasteiger partial charge in [-0.05, 0) is 24.6 Å². The number of benzene rings is 1. The van der Waals surface area contributed by atoms with Crippen LogP contribution in [0.1, 0.15) is 23.9 Å². The number of urea groups is 1. The molecule has 0 spiro atoms. The highest BCUT2D eigenvalue weighted by Gasteiger charge is 2.19. The van der Waals surface area contributed by atoms with Crippen molar-refractivity contribution in [1.29, 1.82) is 0 Å². The molecule has 0 saturated heterocycles. The first-order valence-electron chi connectivity index (χ1n) is 8.08. The van der Waals surface area contributed by atoms with Crippen LogP contribution in [0.4, 0.5) is 10.5 Å². The van der Waals surface area contributed by atoms with Crippen LogP contribution in [-0.4, -0.2) is 33.7 Å². The molecule has 134 valence electrons. The molecular weight excluding hydrogens is 334 g/mol. The molecule has 3 aromatic rings. The summed E-state index contributed by atoms with van der Waals surface area (Å²) < 4.78 is 6.32. The lowest BCUT2D eigenvalue weighted by Gasteiger charge is -2.18. The van der Waals surface area contributed by atoms with Gasteiger partial charge in [-0.1, -0.05) is 30.3 Å². The van der Waals surface area contributed by atoms with Crippen molar-refractivity contribution in [3.8, 4) is 0 Å². The summed E-state index contributed by atoms with van der Waals surface area (Å²) >= 11 is 0. The number of amides is 2. The average Bonchev–Trinajstić information content (AvgIpc) is 3.03. The van der Waals surface area contributed by atoms with Crippen LogP contribution < -0.4 is 10.6 Å². The van der Waals surface area contributed by atoms with Crippen molar-refractivity contribution < 1.29 is 14.3 Å². The van der Waals surface area contributed by atoms with E-state index in [1.54, 1.807) is 29.8 Å². The SMILES string of the molecule is COC(=O)C[C@@H](NC(=O)Nc1cccn2nc(C)nc12)c1ccccc1. The molecule has 2 N–H and O–H groups in total. The highest BCUT2D eigenvalue weighted by molar-refractivity contribution is 5.93. The van der Waals surface area contributed by atoms with Crippen molar-refractivity contribution in [1.82, 2.24) is 19.9 Å². The quantitative estimate of drug-likeness (QED) is 0.687. The Kier molecular flexibility index (Phi) is 5.12. The van der Waals surface area contributed by atoms with Gasteiger partial charge in [0.25, 0.3) is 0 Å². The van der Waals surface area contributed by atoms with Crippen LogP contribution in [-0.2, 0) is 9.53 Å². The maximum Gasteiger partial charge on any atom is 0.319 e. The summed E-state index contributed by atoms with van der Waals surface area (Å²) in [6.07, 6.45) is 1.78. The standard InChI is InChI=1S/C18H19N5O3/c1-12-19-17-14(9-6-10-23(17)22-12)20-18(25)21-15(11-16(24)26-2)13-7-4-3-5-8-13/h3-10,15H,11H2,1-2H3,(H2,20,21,25)/t15-/m1/s1. The van der Waals surface area contributed by atoms with Crippen LogP contribution in [0.3, 0.4) is 0 Å². The molecule has 0 saturated carbocycles. The van der Waals surface area contributed by atoms with E-state index >= 15 is 0 Å². The fraction of sp³-hybridized carbons (Fsp3) is 0.222. The van der Waals surface area contributed by atoms with Gasteiger partial charge in [0, 0.05) is 6.20 Å². The number of nitrogens with one attached hydrogen (secondary N) is 2. The molecule has 2 aromatic heterocycles. The molecule has 0 unspecified atom stereocenters. The molecule has 8 heteroatoms. The second kappa shape index (κ2) is 7.64. The molecule has 3 rings (SSSR count). The Morgan fingerprint density at radius 3 is 2.69 bits per heavy atom. The zero-order chi connectivity index (χ0) is 18.5. The number of methoxy groups -OCH3 is 1. The van der Waals surface area contributed by atoms with E-state index in [2.05, 4.69) is 20.7 Å². The van der Waals surface area contributed by atoms with E-state index in [1.165, 1.54) is 7.11 Å². The van der Waals surface area contributed by atoms with Crippen LogP contribution in [0, 0.1) is 6.92 Å².